The molecule has 4 heteroatoms. The van der Waals surface area contributed by atoms with Crippen molar-refractivity contribution in [3.63, 3.8) is 0 Å². The van der Waals surface area contributed by atoms with Gasteiger partial charge in [0.05, 0.1) is 0 Å². The maximum absolute atomic E-state index is 12.6. The molecule has 23 heavy (non-hydrogen) atoms. The molecule has 0 aliphatic carbocycles. The van der Waals surface area contributed by atoms with E-state index in [1.165, 1.54) is 5.56 Å². The van der Waals surface area contributed by atoms with Crippen LogP contribution in [0.1, 0.15) is 28.9 Å². The molecule has 0 radical (unpaired) electrons. The number of carbonyl (C=O) groups is 1. The van der Waals surface area contributed by atoms with Crippen molar-refractivity contribution in [3.8, 4) is 0 Å². The zero-order valence-electron chi connectivity index (χ0n) is 13.3. The van der Waals surface area contributed by atoms with Crippen molar-refractivity contribution in [2.24, 2.45) is 0 Å². The fourth-order valence-corrected chi connectivity index (χ4v) is 3.46. The highest BCUT2D eigenvalue weighted by atomic mass is 79.9. The minimum absolute atomic E-state index is 0.123. The van der Waals surface area contributed by atoms with Gasteiger partial charge in [0, 0.05) is 42.3 Å². The molecule has 1 amide bonds. The molecule has 1 aliphatic heterocycles. The largest absolute Gasteiger partial charge is 0.336 e. The summed E-state index contributed by atoms with van der Waals surface area (Å²) in [6.45, 7) is 5.62. The second-order valence-electron chi connectivity index (χ2n) is 5.93. The lowest BCUT2D eigenvalue weighted by atomic mass is 10.1. The van der Waals surface area contributed by atoms with Crippen LogP contribution in [0.3, 0.4) is 0 Å². The lowest BCUT2D eigenvalue weighted by Crippen LogP contribution is -2.49. The van der Waals surface area contributed by atoms with Gasteiger partial charge in [0.1, 0.15) is 0 Å². The van der Waals surface area contributed by atoms with E-state index in [1.807, 2.05) is 35.2 Å². The van der Waals surface area contributed by atoms with Crippen LogP contribution in [0.25, 0.3) is 0 Å². The number of carbonyl (C=O) groups excluding carboxylic acids is 1. The minimum Gasteiger partial charge on any atom is -0.336 e. The molecule has 1 heterocycles. The Morgan fingerprint density at radius 1 is 1.00 bits per heavy atom. The first-order valence-corrected chi connectivity index (χ1v) is 8.78. The predicted molar refractivity (Wildman–Crippen MR) is 96.5 cm³/mol. The number of benzene rings is 2. The molecular weight excluding hydrogens is 352 g/mol. The molecule has 3 rings (SSSR count). The number of hydrogen-bond donors (Lipinski definition) is 0. The molecule has 1 atom stereocenters. The number of halogens is 1. The van der Waals surface area contributed by atoms with Gasteiger partial charge < -0.3 is 4.90 Å². The van der Waals surface area contributed by atoms with Gasteiger partial charge >= 0.3 is 0 Å². The molecule has 2 aromatic rings. The molecule has 1 unspecified atom stereocenters. The first-order chi connectivity index (χ1) is 11.1. The highest BCUT2D eigenvalue weighted by molar-refractivity contribution is 9.10. The summed E-state index contributed by atoms with van der Waals surface area (Å²) in [7, 11) is 0. The van der Waals surface area contributed by atoms with E-state index < -0.39 is 0 Å². The van der Waals surface area contributed by atoms with E-state index in [-0.39, 0.29) is 5.91 Å². The van der Waals surface area contributed by atoms with Crippen molar-refractivity contribution >= 4 is 21.8 Å². The number of hydrogen-bond acceptors (Lipinski definition) is 2. The van der Waals surface area contributed by atoms with Gasteiger partial charge in [-0.2, -0.15) is 0 Å². The van der Waals surface area contributed by atoms with Crippen LogP contribution in [0.15, 0.2) is 59.1 Å². The Hall–Kier alpha value is -1.65. The van der Waals surface area contributed by atoms with Crippen LogP contribution in [0.4, 0.5) is 0 Å². The summed E-state index contributed by atoms with van der Waals surface area (Å²) in [5.74, 6) is 0.123. The molecule has 0 saturated carbocycles. The fraction of sp³-hybridized carbons (Fsp3) is 0.316. The average Bonchev–Trinajstić information content (AvgIpc) is 2.61. The van der Waals surface area contributed by atoms with Gasteiger partial charge in [-0.25, -0.2) is 0 Å². The number of piperazine rings is 1. The Morgan fingerprint density at radius 2 is 1.70 bits per heavy atom. The van der Waals surface area contributed by atoms with E-state index in [1.54, 1.807) is 0 Å². The first-order valence-electron chi connectivity index (χ1n) is 7.99. The van der Waals surface area contributed by atoms with Crippen LogP contribution in [-0.2, 0) is 0 Å². The molecule has 1 aliphatic rings. The van der Waals surface area contributed by atoms with Crippen LogP contribution in [0, 0.1) is 0 Å². The van der Waals surface area contributed by atoms with Crippen LogP contribution < -0.4 is 0 Å². The Kier molecular flexibility index (Phi) is 5.13. The molecular formula is C19H21BrN2O. The Bertz CT molecular complexity index is 666. The van der Waals surface area contributed by atoms with Gasteiger partial charge in [0.2, 0.25) is 0 Å². The highest BCUT2D eigenvalue weighted by Gasteiger charge is 2.25. The molecule has 0 aromatic heterocycles. The molecule has 0 N–H and O–H groups in total. The Labute approximate surface area is 146 Å². The molecule has 1 saturated heterocycles. The van der Waals surface area contributed by atoms with Gasteiger partial charge in [-0.1, -0.05) is 52.3 Å². The SMILES string of the molecule is CC(c1ccccc1)N1CCN(C(=O)c2cccc(Br)c2)CC1. The highest BCUT2D eigenvalue weighted by Crippen LogP contribution is 2.22. The molecule has 1 fully saturated rings. The van der Waals surface area contributed by atoms with Crippen LogP contribution in [0.2, 0.25) is 0 Å². The van der Waals surface area contributed by atoms with E-state index in [2.05, 4.69) is 52.0 Å². The van der Waals surface area contributed by atoms with E-state index in [0.29, 0.717) is 6.04 Å². The average molecular weight is 373 g/mol. The smallest absolute Gasteiger partial charge is 0.253 e. The van der Waals surface area contributed by atoms with E-state index in [9.17, 15) is 4.79 Å². The summed E-state index contributed by atoms with van der Waals surface area (Å²) in [5.41, 5.74) is 2.09. The van der Waals surface area contributed by atoms with Crippen LogP contribution >= 0.6 is 15.9 Å². The van der Waals surface area contributed by atoms with Crippen molar-refractivity contribution < 1.29 is 4.79 Å². The Balaban J connectivity index is 1.61. The normalized spacial score (nSPS) is 17.0. The Morgan fingerprint density at radius 3 is 2.35 bits per heavy atom. The van der Waals surface area contributed by atoms with E-state index in [4.69, 9.17) is 0 Å². The maximum Gasteiger partial charge on any atom is 0.253 e. The monoisotopic (exact) mass is 372 g/mol. The first kappa shape index (κ1) is 16.2. The van der Waals surface area contributed by atoms with E-state index in [0.717, 1.165) is 36.2 Å². The van der Waals surface area contributed by atoms with Gasteiger partial charge in [-0.15, -0.1) is 0 Å². The predicted octanol–water partition coefficient (Wildman–Crippen LogP) is 3.97. The molecule has 120 valence electrons. The van der Waals surface area contributed by atoms with Crippen molar-refractivity contribution in [1.82, 2.24) is 9.80 Å². The fourth-order valence-electron chi connectivity index (χ4n) is 3.06. The molecule has 0 bridgehead atoms. The second-order valence-corrected chi connectivity index (χ2v) is 6.84. The quantitative estimate of drug-likeness (QED) is 0.813. The zero-order chi connectivity index (χ0) is 16.2. The molecule has 3 nitrogen and oxygen atoms in total. The standard InChI is InChI=1S/C19H21BrN2O/c1-15(16-6-3-2-4-7-16)21-10-12-22(13-11-21)19(23)17-8-5-9-18(20)14-17/h2-9,14-15H,10-13H2,1H3. The van der Waals surface area contributed by atoms with Crippen molar-refractivity contribution in [3.05, 3.63) is 70.2 Å². The van der Waals surface area contributed by atoms with Crippen molar-refractivity contribution in [1.29, 1.82) is 0 Å². The summed E-state index contributed by atoms with van der Waals surface area (Å²) >= 11 is 3.43. The minimum atomic E-state index is 0.123. The van der Waals surface area contributed by atoms with Gasteiger partial charge in [-0.05, 0) is 30.7 Å². The van der Waals surface area contributed by atoms with Crippen LogP contribution in [0.5, 0.6) is 0 Å². The van der Waals surface area contributed by atoms with Gasteiger partial charge in [0.15, 0.2) is 0 Å². The summed E-state index contributed by atoms with van der Waals surface area (Å²) in [5, 5.41) is 0. The molecule has 0 spiro atoms. The van der Waals surface area contributed by atoms with Gasteiger partial charge in [-0.3, -0.25) is 9.69 Å². The lowest BCUT2D eigenvalue weighted by Gasteiger charge is -2.38. The zero-order valence-corrected chi connectivity index (χ0v) is 14.9. The lowest BCUT2D eigenvalue weighted by molar-refractivity contribution is 0.0582. The summed E-state index contributed by atoms with van der Waals surface area (Å²) in [6.07, 6.45) is 0. The second kappa shape index (κ2) is 7.28. The number of amides is 1. The van der Waals surface area contributed by atoms with E-state index >= 15 is 0 Å². The van der Waals surface area contributed by atoms with Crippen molar-refractivity contribution in [2.45, 2.75) is 13.0 Å². The summed E-state index contributed by atoms with van der Waals surface area (Å²) in [6, 6.07) is 18.6. The van der Waals surface area contributed by atoms with Gasteiger partial charge in [0.25, 0.3) is 5.91 Å². The van der Waals surface area contributed by atoms with Crippen molar-refractivity contribution in [2.75, 3.05) is 26.2 Å². The summed E-state index contributed by atoms with van der Waals surface area (Å²) < 4.78 is 0.944. The number of nitrogens with zero attached hydrogens (tertiary/aromatic N) is 2. The topological polar surface area (TPSA) is 23.6 Å². The third-order valence-electron chi connectivity index (χ3n) is 4.50. The number of rotatable bonds is 3. The molecule has 2 aromatic carbocycles. The summed E-state index contributed by atoms with van der Waals surface area (Å²) in [4.78, 5) is 17.0. The maximum atomic E-state index is 12.6. The van der Waals surface area contributed by atoms with Crippen LogP contribution in [-0.4, -0.2) is 41.9 Å². The third-order valence-corrected chi connectivity index (χ3v) is 5.00. The third kappa shape index (κ3) is 3.82.